The molecule has 0 spiro atoms. The summed E-state index contributed by atoms with van der Waals surface area (Å²) in [6.07, 6.45) is -11.7. The Labute approximate surface area is 86.3 Å². The van der Waals surface area contributed by atoms with Crippen molar-refractivity contribution in [1.82, 2.24) is 0 Å². The van der Waals surface area contributed by atoms with Crippen LogP contribution in [0.3, 0.4) is 0 Å². The van der Waals surface area contributed by atoms with Gasteiger partial charge in [-0.05, 0) is 12.1 Å². The number of halogens is 6. The summed E-state index contributed by atoms with van der Waals surface area (Å²) in [7, 11) is 0. The van der Waals surface area contributed by atoms with Crippen LogP contribution in [0.4, 0.5) is 26.3 Å². The Balaban J connectivity index is 3.39. The monoisotopic (exact) mass is 243 g/mol. The molecule has 89 valence electrons. The van der Waals surface area contributed by atoms with E-state index in [1.807, 2.05) is 0 Å². The van der Waals surface area contributed by atoms with Crippen molar-refractivity contribution >= 4 is 0 Å². The highest BCUT2D eigenvalue weighted by Crippen LogP contribution is 2.49. The Morgan fingerprint density at radius 3 is 1.81 bits per heavy atom. The SMILES string of the molecule is OC(c1c[c]ccc1)(C(F)(F)F)C(F)(F)F. The first-order valence-electron chi connectivity index (χ1n) is 3.93. The van der Waals surface area contributed by atoms with Crippen molar-refractivity contribution in [3.63, 3.8) is 0 Å². The van der Waals surface area contributed by atoms with Gasteiger partial charge in [-0.25, -0.2) is 0 Å². The lowest BCUT2D eigenvalue weighted by atomic mass is 9.92. The molecule has 0 aliphatic heterocycles. The van der Waals surface area contributed by atoms with Crippen molar-refractivity contribution in [3.05, 3.63) is 35.9 Å². The summed E-state index contributed by atoms with van der Waals surface area (Å²) < 4.78 is 73.8. The Bertz CT molecular complexity index is 339. The third-order valence-corrected chi connectivity index (χ3v) is 1.95. The lowest BCUT2D eigenvalue weighted by molar-refractivity contribution is -0.376. The maximum atomic E-state index is 12.3. The predicted molar refractivity (Wildman–Crippen MR) is 41.3 cm³/mol. The van der Waals surface area contributed by atoms with Gasteiger partial charge in [0.15, 0.2) is 0 Å². The second-order valence-corrected chi connectivity index (χ2v) is 3.00. The van der Waals surface area contributed by atoms with Crippen LogP contribution in [0.1, 0.15) is 5.56 Å². The minimum atomic E-state index is -5.85. The Kier molecular flexibility index (Phi) is 2.93. The van der Waals surface area contributed by atoms with E-state index in [0.717, 1.165) is 12.1 Å². The normalized spacial score (nSPS) is 13.9. The summed E-state index contributed by atoms with van der Waals surface area (Å²) in [5.41, 5.74) is -6.17. The summed E-state index contributed by atoms with van der Waals surface area (Å²) in [6.45, 7) is 0. The van der Waals surface area contributed by atoms with E-state index in [4.69, 9.17) is 5.11 Å². The van der Waals surface area contributed by atoms with Crippen LogP contribution in [0.2, 0.25) is 0 Å². The Morgan fingerprint density at radius 2 is 1.50 bits per heavy atom. The van der Waals surface area contributed by atoms with Crippen LogP contribution >= 0.6 is 0 Å². The highest BCUT2D eigenvalue weighted by atomic mass is 19.4. The molecule has 1 aromatic rings. The number of hydrogen-bond acceptors (Lipinski definition) is 1. The molecule has 0 amide bonds. The summed E-state index contributed by atoms with van der Waals surface area (Å²) in [5, 5.41) is 8.89. The van der Waals surface area contributed by atoms with E-state index in [0.29, 0.717) is 12.1 Å². The van der Waals surface area contributed by atoms with Gasteiger partial charge in [0.25, 0.3) is 5.60 Å². The number of aliphatic hydroxyl groups is 1. The van der Waals surface area contributed by atoms with Crippen LogP contribution in [-0.2, 0) is 5.60 Å². The van der Waals surface area contributed by atoms with Gasteiger partial charge in [0, 0.05) is 5.56 Å². The second-order valence-electron chi connectivity index (χ2n) is 3.00. The molecule has 1 rings (SSSR count). The lowest BCUT2D eigenvalue weighted by Gasteiger charge is -2.32. The molecule has 1 radical (unpaired) electrons. The fraction of sp³-hybridized carbons (Fsp3) is 0.333. The summed E-state index contributed by atoms with van der Waals surface area (Å²) in [6, 6.07) is 5.09. The van der Waals surface area contributed by atoms with Gasteiger partial charge in [-0.2, -0.15) is 26.3 Å². The fourth-order valence-corrected chi connectivity index (χ4v) is 1.11. The van der Waals surface area contributed by atoms with Crippen LogP contribution in [0, 0.1) is 6.07 Å². The smallest absolute Gasteiger partial charge is 0.369 e. The molecule has 0 unspecified atom stereocenters. The van der Waals surface area contributed by atoms with Gasteiger partial charge in [0.2, 0.25) is 0 Å². The first kappa shape index (κ1) is 12.8. The van der Waals surface area contributed by atoms with E-state index in [9.17, 15) is 26.3 Å². The van der Waals surface area contributed by atoms with Crippen molar-refractivity contribution in [3.8, 4) is 0 Å². The maximum absolute atomic E-state index is 12.3. The van der Waals surface area contributed by atoms with Crippen molar-refractivity contribution in [2.75, 3.05) is 0 Å². The van der Waals surface area contributed by atoms with Gasteiger partial charge in [-0.3, -0.25) is 0 Å². The van der Waals surface area contributed by atoms with Gasteiger partial charge in [-0.15, -0.1) is 0 Å². The van der Waals surface area contributed by atoms with E-state index in [-0.39, 0.29) is 0 Å². The third-order valence-electron chi connectivity index (χ3n) is 1.95. The minimum absolute atomic E-state index is 0.445. The molecule has 0 saturated carbocycles. The molecule has 0 heterocycles. The van der Waals surface area contributed by atoms with Crippen LogP contribution in [-0.4, -0.2) is 17.5 Å². The molecule has 0 atom stereocenters. The lowest BCUT2D eigenvalue weighted by Crippen LogP contribution is -2.53. The average molecular weight is 243 g/mol. The van der Waals surface area contributed by atoms with Crippen LogP contribution in [0.15, 0.2) is 24.3 Å². The molecule has 1 N–H and O–H groups in total. The van der Waals surface area contributed by atoms with E-state index in [1.165, 1.54) is 0 Å². The minimum Gasteiger partial charge on any atom is -0.369 e. The van der Waals surface area contributed by atoms with Crippen molar-refractivity contribution in [2.24, 2.45) is 0 Å². The van der Waals surface area contributed by atoms with Crippen molar-refractivity contribution < 1.29 is 31.4 Å². The highest BCUT2D eigenvalue weighted by Gasteiger charge is 2.71. The van der Waals surface area contributed by atoms with E-state index >= 15 is 0 Å². The first-order valence-corrected chi connectivity index (χ1v) is 3.93. The molecule has 1 nitrogen and oxygen atoms in total. The molecular formula is C9H5F6O. The molecule has 0 fully saturated rings. The van der Waals surface area contributed by atoms with Gasteiger partial charge in [0.1, 0.15) is 0 Å². The molecule has 7 heteroatoms. The zero-order chi connectivity index (χ0) is 12.6. The number of rotatable bonds is 1. The number of alkyl halides is 6. The number of benzene rings is 1. The maximum Gasteiger partial charge on any atom is 0.430 e. The van der Waals surface area contributed by atoms with E-state index < -0.39 is 23.5 Å². The average Bonchev–Trinajstić information content (AvgIpc) is 2.14. The highest BCUT2D eigenvalue weighted by molar-refractivity contribution is 5.25. The molecule has 1 aromatic carbocycles. The zero-order valence-corrected chi connectivity index (χ0v) is 7.52. The zero-order valence-electron chi connectivity index (χ0n) is 7.52. The van der Waals surface area contributed by atoms with Gasteiger partial charge >= 0.3 is 12.4 Å². The summed E-state index contributed by atoms with van der Waals surface area (Å²) in [4.78, 5) is 0. The number of hydrogen-bond donors (Lipinski definition) is 1. The molecular weight excluding hydrogens is 238 g/mol. The third kappa shape index (κ3) is 1.87. The second kappa shape index (κ2) is 3.65. The molecule has 0 bridgehead atoms. The first-order chi connectivity index (χ1) is 7.11. The van der Waals surface area contributed by atoms with Crippen LogP contribution < -0.4 is 0 Å². The van der Waals surface area contributed by atoms with Gasteiger partial charge < -0.3 is 5.11 Å². The Hall–Kier alpha value is -1.24. The molecule has 0 aromatic heterocycles. The molecule has 0 aliphatic rings. The van der Waals surface area contributed by atoms with E-state index in [2.05, 4.69) is 6.07 Å². The largest absolute Gasteiger partial charge is 0.430 e. The quantitative estimate of drug-likeness (QED) is 0.752. The summed E-state index contributed by atoms with van der Waals surface area (Å²) in [5.74, 6) is 0. The molecule has 0 saturated heterocycles. The van der Waals surface area contributed by atoms with Gasteiger partial charge in [-0.1, -0.05) is 18.2 Å². The van der Waals surface area contributed by atoms with Gasteiger partial charge in [0.05, 0.1) is 0 Å². The van der Waals surface area contributed by atoms with E-state index in [1.54, 1.807) is 0 Å². The standard InChI is InChI=1S/C9H5F6O/c10-8(11,12)7(16,9(13,14)15)6-4-2-1-3-5-6/h1-2,4-5,16H. The fourth-order valence-electron chi connectivity index (χ4n) is 1.11. The Morgan fingerprint density at radius 1 is 1.00 bits per heavy atom. The van der Waals surface area contributed by atoms with Crippen molar-refractivity contribution in [1.29, 1.82) is 0 Å². The summed E-state index contributed by atoms with van der Waals surface area (Å²) >= 11 is 0. The predicted octanol–water partition coefficient (Wildman–Crippen LogP) is 2.80. The molecule has 0 aliphatic carbocycles. The molecule has 16 heavy (non-hydrogen) atoms. The van der Waals surface area contributed by atoms with Crippen LogP contribution in [0.25, 0.3) is 0 Å². The topological polar surface area (TPSA) is 20.2 Å². The van der Waals surface area contributed by atoms with Crippen LogP contribution in [0.5, 0.6) is 0 Å². The van der Waals surface area contributed by atoms with Crippen molar-refractivity contribution in [2.45, 2.75) is 18.0 Å².